The van der Waals surface area contributed by atoms with Crippen LogP contribution in [0.1, 0.15) is 33.6 Å². The molecule has 0 atom stereocenters. The van der Waals surface area contributed by atoms with E-state index in [2.05, 4.69) is 30.8 Å². The maximum absolute atomic E-state index is 11.4. The van der Waals surface area contributed by atoms with E-state index in [4.69, 9.17) is 12.6 Å². The van der Waals surface area contributed by atoms with E-state index < -0.39 is 5.87 Å². The van der Waals surface area contributed by atoms with Crippen molar-refractivity contribution in [2.75, 3.05) is 26.4 Å². The molecule has 0 aromatic carbocycles. The Morgan fingerprint density at radius 3 is 2.39 bits per heavy atom. The van der Waals surface area contributed by atoms with Crippen molar-refractivity contribution in [3.63, 3.8) is 0 Å². The highest BCUT2D eigenvalue weighted by atomic mass is 16.6. The van der Waals surface area contributed by atoms with Crippen LogP contribution in [0, 0.1) is 5.41 Å². The summed E-state index contributed by atoms with van der Waals surface area (Å²) in [7, 11) is 4.77. The van der Waals surface area contributed by atoms with Gasteiger partial charge in [-0.15, -0.1) is 0 Å². The zero-order valence-corrected chi connectivity index (χ0v) is 11.5. The van der Waals surface area contributed by atoms with Crippen molar-refractivity contribution in [2.24, 2.45) is 5.41 Å². The standard InChI is InChI=1S/C12H22BNO4/c1-12(2,3)5-4-10(15)14-6-7-17-8-9-18-11(13)16/h4-9H2,1-3H3,(H,14,15). The van der Waals surface area contributed by atoms with Crippen LogP contribution in [-0.2, 0) is 14.3 Å². The Kier molecular flexibility index (Phi) is 8.45. The lowest BCUT2D eigenvalue weighted by Gasteiger charge is -2.17. The van der Waals surface area contributed by atoms with E-state index in [-0.39, 0.29) is 24.5 Å². The van der Waals surface area contributed by atoms with Crippen LogP contribution in [0.25, 0.3) is 0 Å². The molecule has 102 valence electrons. The highest BCUT2D eigenvalue weighted by Crippen LogP contribution is 2.19. The Labute approximate surface area is 110 Å². The minimum Gasteiger partial charge on any atom is -0.472 e. The van der Waals surface area contributed by atoms with Gasteiger partial charge in [-0.3, -0.25) is 9.59 Å². The van der Waals surface area contributed by atoms with Crippen LogP contribution in [0.3, 0.4) is 0 Å². The van der Waals surface area contributed by atoms with Crippen molar-refractivity contribution in [3.8, 4) is 0 Å². The van der Waals surface area contributed by atoms with E-state index in [0.717, 1.165) is 6.42 Å². The first-order chi connectivity index (χ1) is 8.31. The molecule has 0 saturated heterocycles. The lowest BCUT2D eigenvalue weighted by Crippen LogP contribution is -2.28. The van der Waals surface area contributed by atoms with Gasteiger partial charge in [0, 0.05) is 13.0 Å². The van der Waals surface area contributed by atoms with E-state index >= 15 is 0 Å². The highest BCUT2D eigenvalue weighted by Gasteiger charge is 2.12. The smallest absolute Gasteiger partial charge is 0.235 e. The van der Waals surface area contributed by atoms with Gasteiger partial charge in [0.25, 0.3) is 0 Å². The van der Waals surface area contributed by atoms with Gasteiger partial charge in [0.15, 0.2) is 0 Å². The Hall–Kier alpha value is -1.04. The molecule has 1 N–H and O–H groups in total. The largest absolute Gasteiger partial charge is 0.472 e. The average molecular weight is 255 g/mol. The van der Waals surface area contributed by atoms with Crippen molar-refractivity contribution >= 4 is 19.6 Å². The minimum atomic E-state index is -0.811. The zero-order valence-electron chi connectivity index (χ0n) is 11.5. The molecular weight excluding hydrogens is 233 g/mol. The summed E-state index contributed by atoms with van der Waals surface area (Å²) in [6.45, 7) is 7.56. The Balaban J connectivity index is 3.33. The summed E-state index contributed by atoms with van der Waals surface area (Å²) >= 11 is 0. The maximum Gasteiger partial charge on any atom is 0.235 e. The fourth-order valence-electron chi connectivity index (χ4n) is 1.14. The number of hydrogen-bond acceptors (Lipinski definition) is 4. The number of amides is 1. The predicted octanol–water partition coefficient (Wildman–Crippen LogP) is 1.25. The van der Waals surface area contributed by atoms with Gasteiger partial charge in [0.2, 0.25) is 19.6 Å². The van der Waals surface area contributed by atoms with Crippen LogP contribution in [0.4, 0.5) is 4.79 Å². The van der Waals surface area contributed by atoms with Gasteiger partial charge in [-0.05, 0) is 11.8 Å². The molecule has 0 spiro atoms. The minimum absolute atomic E-state index is 0.0295. The van der Waals surface area contributed by atoms with Gasteiger partial charge in [-0.1, -0.05) is 20.8 Å². The topological polar surface area (TPSA) is 64.6 Å². The number of ether oxygens (including phenoxy) is 2. The molecule has 0 aliphatic carbocycles. The summed E-state index contributed by atoms with van der Waals surface area (Å²) in [5.41, 5.74) is 0.167. The lowest BCUT2D eigenvalue weighted by atomic mass is 9.90. The van der Waals surface area contributed by atoms with Crippen molar-refractivity contribution in [2.45, 2.75) is 33.6 Å². The summed E-state index contributed by atoms with van der Waals surface area (Å²) in [4.78, 5) is 21.6. The van der Waals surface area contributed by atoms with Gasteiger partial charge in [0.05, 0.1) is 13.2 Å². The molecule has 0 rings (SSSR count). The van der Waals surface area contributed by atoms with Crippen LogP contribution in [0.2, 0.25) is 0 Å². The molecule has 6 heteroatoms. The fourth-order valence-corrected chi connectivity index (χ4v) is 1.14. The van der Waals surface area contributed by atoms with Crippen LogP contribution < -0.4 is 5.32 Å². The second-order valence-electron chi connectivity index (χ2n) is 5.19. The maximum atomic E-state index is 11.4. The van der Waals surface area contributed by atoms with Crippen molar-refractivity contribution in [3.05, 3.63) is 0 Å². The molecule has 0 heterocycles. The third kappa shape index (κ3) is 13.0. The number of carbonyl (C=O) groups excluding carboxylic acids is 2. The second kappa shape index (κ2) is 8.97. The third-order valence-electron chi connectivity index (χ3n) is 2.14. The summed E-state index contributed by atoms with van der Waals surface area (Å²) in [6.07, 6.45) is 1.38. The zero-order chi connectivity index (χ0) is 14.0. The molecule has 0 aliphatic heterocycles. The molecule has 18 heavy (non-hydrogen) atoms. The van der Waals surface area contributed by atoms with E-state index in [1.54, 1.807) is 0 Å². The van der Waals surface area contributed by atoms with E-state index in [1.165, 1.54) is 0 Å². The lowest BCUT2D eigenvalue weighted by molar-refractivity contribution is -0.121. The first kappa shape index (κ1) is 17.0. The van der Waals surface area contributed by atoms with Gasteiger partial charge in [-0.2, -0.15) is 0 Å². The quantitative estimate of drug-likeness (QED) is 0.523. The molecule has 0 saturated carbocycles. The summed E-state index contributed by atoms with van der Waals surface area (Å²) < 4.78 is 9.60. The van der Waals surface area contributed by atoms with Gasteiger partial charge in [-0.25, -0.2) is 0 Å². The Bertz CT molecular complexity index is 263. The van der Waals surface area contributed by atoms with Gasteiger partial charge < -0.3 is 14.8 Å². The molecule has 0 fully saturated rings. The monoisotopic (exact) mass is 255 g/mol. The van der Waals surface area contributed by atoms with E-state index in [0.29, 0.717) is 19.6 Å². The number of hydrogen-bond donors (Lipinski definition) is 1. The second-order valence-corrected chi connectivity index (χ2v) is 5.19. The molecule has 0 aromatic heterocycles. The SMILES string of the molecule is [B]C(=O)OCCOCCNC(=O)CCC(C)(C)C. The van der Waals surface area contributed by atoms with Crippen molar-refractivity contribution in [1.29, 1.82) is 0 Å². The van der Waals surface area contributed by atoms with Crippen LogP contribution in [0.15, 0.2) is 0 Å². The summed E-state index contributed by atoms with van der Waals surface area (Å²) in [6, 6.07) is 0. The highest BCUT2D eigenvalue weighted by molar-refractivity contribution is 6.55. The molecule has 0 bridgehead atoms. The van der Waals surface area contributed by atoms with Crippen LogP contribution >= 0.6 is 0 Å². The van der Waals surface area contributed by atoms with Crippen LogP contribution in [-0.4, -0.2) is 46.0 Å². The van der Waals surface area contributed by atoms with Gasteiger partial charge in [0.1, 0.15) is 6.61 Å². The number of carbonyl (C=O) groups is 2. The third-order valence-corrected chi connectivity index (χ3v) is 2.14. The molecule has 1 amide bonds. The van der Waals surface area contributed by atoms with E-state index in [9.17, 15) is 9.59 Å². The predicted molar refractivity (Wildman–Crippen MR) is 69.6 cm³/mol. The van der Waals surface area contributed by atoms with Crippen molar-refractivity contribution in [1.82, 2.24) is 5.32 Å². The van der Waals surface area contributed by atoms with Crippen molar-refractivity contribution < 1.29 is 19.1 Å². The average Bonchev–Trinajstić information content (AvgIpc) is 2.23. The number of nitrogens with one attached hydrogen (secondary N) is 1. The van der Waals surface area contributed by atoms with E-state index in [1.807, 2.05) is 0 Å². The molecule has 0 aromatic rings. The first-order valence-corrected chi connectivity index (χ1v) is 6.08. The molecular formula is C12H22BNO4. The first-order valence-electron chi connectivity index (χ1n) is 6.08. The molecule has 5 nitrogen and oxygen atoms in total. The Morgan fingerprint density at radius 1 is 1.17 bits per heavy atom. The Morgan fingerprint density at radius 2 is 1.83 bits per heavy atom. The molecule has 0 unspecified atom stereocenters. The summed E-state index contributed by atoms with van der Waals surface area (Å²) in [5.74, 6) is -0.781. The normalized spacial score (nSPS) is 11.1. The van der Waals surface area contributed by atoms with Crippen LogP contribution in [0.5, 0.6) is 0 Å². The summed E-state index contributed by atoms with van der Waals surface area (Å²) in [5, 5.41) is 2.76. The molecule has 0 aliphatic rings. The fraction of sp³-hybridized carbons (Fsp3) is 0.833. The van der Waals surface area contributed by atoms with Gasteiger partial charge >= 0.3 is 0 Å². The molecule has 2 radical (unpaired) electrons. The number of rotatable bonds is 8.